The molecule has 8 nitrogen and oxygen atoms in total. The zero-order valence-electron chi connectivity index (χ0n) is 35.3. The summed E-state index contributed by atoms with van der Waals surface area (Å²) in [6.45, 7) is 4.71. The molecule has 52 heavy (non-hydrogen) atoms. The van der Waals surface area contributed by atoms with Crippen LogP contribution in [0.1, 0.15) is 219 Å². The van der Waals surface area contributed by atoms with Crippen LogP contribution in [-0.4, -0.2) is 68.5 Å². The Morgan fingerprint density at radius 1 is 0.596 bits per heavy atom. The van der Waals surface area contributed by atoms with Gasteiger partial charge in [-0.15, -0.1) is 0 Å². The van der Waals surface area contributed by atoms with Crippen molar-refractivity contribution < 1.29 is 32.9 Å². The highest BCUT2D eigenvalue weighted by Gasteiger charge is 2.24. The number of nitrogens with one attached hydrogen (secondary N) is 1. The van der Waals surface area contributed by atoms with E-state index in [9.17, 15) is 19.4 Å². The molecule has 0 rings (SSSR count). The van der Waals surface area contributed by atoms with Crippen LogP contribution in [0.15, 0.2) is 0 Å². The van der Waals surface area contributed by atoms with E-state index in [-0.39, 0.29) is 19.1 Å². The van der Waals surface area contributed by atoms with Crippen LogP contribution in [0.5, 0.6) is 0 Å². The highest BCUT2D eigenvalue weighted by atomic mass is 31.2. The Labute approximate surface area is 323 Å². The molecule has 0 fully saturated rings. The number of phosphoric ester groups is 1. The number of quaternary nitrogens is 1. The Bertz CT molecular complexity index is 824. The Morgan fingerprint density at radius 2 is 0.942 bits per heavy atom. The largest absolute Gasteiger partial charge is 0.756 e. The lowest BCUT2D eigenvalue weighted by Gasteiger charge is -2.30. The Hall–Kier alpha value is -0.500. The smallest absolute Gasteiger partial charge is 0.268 e. The zero-order valence-corrected chi connectivity index (χ0v) is 36.2. The van der Waals surface area contributed by atoms with Crippen molar-refractivity contribution in [2.45, 2.75) is 231 Å². The average Bonchev–Trinajstić information content (AvgIpc) is 3.09. The fourth-order valence-corrected chi connectivity index (χ4v) is 7.47. The number of aliphatic hydroxyl groups excluding tert-OH is 1. The fraction of sp³-hybridized carbons (Fsp3) is 0.977. The van der Waals surface area contributed by atoms with Crippen molar-refractivity contribution in [3.05, 3.63) is 0 Å². The molecule has 0 saturated carbocycles. The van der Waals surface area contributed by atoms with Gasteiger partial charge in [-0.2, -0.15) is 0 Å². The van der Waals surface area contributed by atoms with Gasteiger partial charge >= 0.3 is 0 Å². The third-order valence-electron chi connectivity index (χ3n) is 10.3. The second-order valence-corrected chi connectivity index (χ2v) is 18.2. The number of likely N-dealkylation sites (N-methyl/N-ethyl adjacent to an activating group) is 1. The summed E-state index contributed by atoms with van der Waals surface area (Å²) in [6, 6.07) is -0.791. The van der Waals surface area contributed by atoms with Crippen LogP contribution in [0, 0.1) is 0 Å². The van der Waals surface area contributed by atoms with E-state index >= 15 is 0 Å². The molecular weight excluding hydrogens is 671 g/mol. The molecule has 0 bridgehead atoms. The highest BCUT2D eigenvalue weighted by molar-refractivity contribution is 7.45. The minimum absolute atomic E-state index is 0.0157. The molecule has 0 spiro atoms. The van der Waals surface area contributed by atoms with Gasteiger partial charge in [-0.25, -0.2) is 0 Å². The van der Waals surface area contributed by atoms with Crippen LogP contribution in [-0.2, 0) is 18.4 Å². The van der Waals surface area contributed by atoms with Crippen molar-refractivity contribution in [2.24, 2.45) is 0 Å². The second kappa shape index (κ2) is 36.2. The van der Waals surface area contributed by atoms with Gasteiger partial charge < -0.3 is 28.8 Å². The van der Waals surface area contributed by atoms with E-state index in [1.165, 1.54) is 154 Å². The van der Waals surface area contributed by atoms with Gasteiger partial charge in [-0.05, 0) is 12.8 Å². The number of amides is 1. The lowest BCUT2D eigenvalue weighted by Crippen LogP contribution is -2.46. The minimum atomic E-state index is -4.55. The minimum Gasteiger partial charge on any atom is -0.756 e. The number of aliphatic hydroxyl groups is 1. The topological polar surface area (TPSA) is 108 Å². The molecule has 1 amide bonds. The maximum absolute atomic E-state index is 12.8. The molecule has 0 heterocycles. The van der Waals surface area contributed by atoms with Crippen LogP contribution in [0.2, 0.25) is 0 Å². The summed E-state index contributed by atoms with van der Waals surface area (Å²) in [5, 5.41) is 13.8. The highest BCUT2D eigenvalue weighted by Crippen LogP contribution is 2.38. The summed E-state index contributed by atoms with van der Waals surface area (Å²) >= 11 is 0. The maximum Gasteiger partial charge on any atom is 0.268 e. The zero-order chi connectivity index (χ0) is 38.6. The summed E-state index contributed by atoms with van der Waals surface area (Å²) in [7, 11) is 1.31. The van der Waals surface area contributed by atoms with Gasteiger partial charge in [0, 0.05) is 6.42 Å². The molecule has 1 unspecified atom stereocenters. The Kier molecular flexibility index (Phi) is 35.8. The van der Waals surface area contributed by atoms with Gasteiger partial charge in [-0.3, -0.25) is 9.36 Å². The SMILES string of the molecule is CCCCCCCCCCCCCCCCCCCCCCCC(=O)N[C@@H](COP(=O)([O-])OCC[N+](C)(C)C)[C@H](O)CCCCCCCCCCC. The summed E-state index contributed by atoms with van der Waals surface area (Å²) in [5.41, 5.74) is 0. The van der Waals surface area contributed by atoms with E-state index in [1.54, 1.807) is 0 Å². The molecule has 0 aromatic carbocycles. The quantitative estimate of drug-likeness (QED) is 0.0365. The van der Waals surface area contributed by atoms with Crippen molar-refractivity contribution >= 4 is 13.7 Å². The van der Waals surface area contributed by atoms with Crippen molar-refractivity contribution in [1.82, 2.24) is 5.32 Å². The first-order valence-electron chi connectivity index (χ1n) is 22.4. The summed E-state index contributed by atoms with van der Waals surface area (Å²) in [6.07, 6.45) is 38.3. The van der Waals surface area contributed by atoms with E-state index in [2.05, 4.69) is 19.2 Å². The molecular formula is C43H89N2O6P. The molecule has 0 aromatic rings. The molecule has 0 aromatic heterocycles. The third kappa shape index (κ3) is 37.8. The molecule has 0 saturated heterocycles. The second-order valence-electron chi connectivity index (χ2n) is 16.8. The first-order valence-corrected chi connectivity index (χ1v) is 23.8. The molecule has 0 aliphatic carbocycles. The van der Waals surface area contributed by atoms with Gasteiger partial charge in [0.15, 0.2) is 0 Å². The standard InChI is InChI=1S/C43H89N2O6P/c1-6-8-10-12-14-16-17-18-19-20-21-22-23-24-25-26-27-29-31-33-35-37-43(47)44-41(40-51-52(48,49)50-39-38-45(3,4)5)42(46)36-34-32-30-28-15-13-11-9-7-2/h41-42,46H,6-40H2,1-5H3,(H-,44,47,48,49)/t41-,42+/m0/s1. The fourth-order valence-electron chi connectivity index (χ4n) is 6.75. The average molecular weight is 761 g/mol. The molecule has 2 N–H and O–H groups in total. The number of carbonyl (C=O) groups excluding carboxylic acids is 1. The van der Waals surface area contributed by atoms with E-state index in [4.69, 9.17) is 9.05 Å². The number of unbranched alkanes of at least 4 members (excludes halogenated alkanes) is 28. The molecule has 312 valence electrons. The van der Waals surface area contributed by atoms with Gasteiger partial charge in [-0.1, -0.05) is 200 Å². The summed E-state index contributed by atoms with van der Waals surface area (Å²) in [4.78, 5) is 25.2. The predicted octanol–water partition coefficient (Wildman–Crippen LogP) is 11.6. The Balaban J connectivity index is 4.16. The third-order valence-corrected chi connectivity index (χ3v) is 11.3. The number of rotatable bonds is 41. The lowest BCUT2D eigenvalue weighted by atomic mass is 10.0. The van der Waals surface area contributed by atoms with Crippen LogP contribution in [0.25, 0.3) is 0 Å². The van der Waals surface area contributed by atoms with E-state index in [0.717, 1.165) is 38.5 Å². The molecule has 0 aliphatic heterocycles. The number of phosphoric acid groups is 1. The lowest BCUT2D eigenvalue weighted by molar-refractivity contribution is -0.870. The molecule has 9 heteroatoms. The van der Waals surface area contributed by atoms with E-state index in [0.29, 0.717) is 23.9 Å². The van der Waals surface area contributed by atoms with Gasteiger partial charge in [0.05, 0.1) is 39.9 Å². The van der Waals surface area contributed by atoms with Crippen LogP contribution >= 0.6 is 7.82 Å². The summed E-state index contributed by atoms with van der Waals surface area (Å²) in [5.74, 6) is -0.163. The number of nitrogens with zero attached hydrogens (tertiary/aromatic N) is 1. The van der Waals surface area contributed by atoms with Crippen molar-refractivity contribution in [2.75, 3.05) is 40.9 Å². The number of hydrogen-bond acceptors (Lipinski definition) is 6. The monoisotopic (exact) mass is 761 g/mol. The Morgan fingerprint density at radius 3 is 1.31 bits per heavy atom. The predicted molar refractivity (Wildman–Crippen MR) is 219 cm³/mol. The molecule has 0 radical (unpaired) electrons. The summed E-state index contributed by atoms with van der Waals surface area (Å²) < 4.78 is 23.2. The van der Waals surface area contributed by atoms with Gasteiger partial charge in [0.1, 0.15) is 13.2 Å². The van der Waals surface area contributed by atoms with Crippen molar-refractivity contribution in [1.29, 1.82) is 0 Å². The van der Waals surface area contributed by atoms with E-state index in [1.807, 2.05) is 21.1 Å². The van der Waals surface area contributed by atoms with Gasteiger partial charge in [0.25, 0.3) is 7.82 Å². The van der Waals surface area contributed by atoms with E-state index < -0.39 is 20.0 Å². The van der Waals surface area contributed by atoms with Crippen LogP contribution in [0.4, 0.5) is 0 Å². The van der Waals surface area contributed by atoms with Crippen molar-refractivity contribution in [3.8, 4) is 0 Å². The van der Waals surface area contributed by atoms with Crippen LogP contribution in [0.3, 0.4) is 0 Å². The van der Waals surface area contributed by atoms with Gasteiger partial charge in [0.2, 0.25) is 5.91 Å². The first-order chi connectivity index (χ1) is 25.0. The number of hydrogen-bond donors (Lipinski definition) is 2. The van der Waals surface area contributed by atoms with Crippen molar-refractivity contribution in [3.63, 3.8) is 0 Å². The maximum atomic E-state index is 12.8. The first kappa shape index (κ1) is 51.5. The molecule has 3 atom stereocenters. The number of carbonyl (C=O) groups is 1. The normalized spacial score (nSPS) is 14.4. The van der Waals surface area contributed by atoms with Crippen LogP contribution < -0.4 is 10.2 Å². The molecule has 0 aliphatic rings.